The van der Waals surface area contributed by atoms with E-state index in [9.17, 15) is 9.59 Å². The summed E-state index contributed by atoms with van der Waals surface area (Å²) in [5.74, 6) is -0.143. The molecule has 2 aromatic carbocycles. The first-order valence-electron chi connectivity index (χ1n) is 10.9. The van der Waals surface area contributed by atoms with Crippen molar-refractivity contribution in [2.24, 2.45) is 0 Å². The Balaban J connectivity index is 1.30. The Morgan fingerprint density at radius 3 is 2.60 bits per heavy atom. The van der Waals surface area contributed by atoms with Crippen LogP contribution >= 0.6 is 0 Å². The van der Waals surface area contributed by atoms with Crippen molar-refractivity contribution in [2.75, 3.05) is 19.8 Å². The van der Waals surface area contributed by atoms with E-state index in [4.69, 9.17) is 0 Å². The number of nitrogens with one attached hydrogen (secondary N) is 2. The third-order valence-electron chi connectivity index (χ3n) is 6.86. The lowest BCUT2D eigenvalue weighted by atomic mass is 9.90. The van der Waals surface area contributed by atoms with Gasteiger partial charge in [-0.05, 0) is 60.1 Å². The molecule has 5 heteroatoms. The van der Waals surface area contributed by atoms with E-state index in [-0.39, 0.29) is 11.9 Å². The van der Waals surface area contributed by atoms with Gasteiger partial charge >= 0.3 is 6.03 Å². The van der Waals surface area contributed by atoms with Crippen molar-refractivity contribution in [3.63, 3.8) is 0 Å². The van der Waals surface area contributed by atoms with Gasteiger partial charge in [0, 0.05) is 6.42 Å². The molecule has 1 aliphatic carbocycles. The Labute approximate surface area is 177 Å². The van der Waals surface area contributed by atoms with Gasteiger partial charge in [-0.2, -0.15) is 0 Å². The van der Waals surface area contributed by atoms with Crippen LogP contribution in [0, 0.1) is 0 Å². The molecule has 2 aromatic rings. The molecule has 0 bridgehead atoms. The van der Waals surface area contributed by atoms with Crippen LogP contribution in [0.25, 0.3) is 5.57 Å². The van der Waals surface area contributed by atoms with Crippen LogP contribution in [0.2, 0.25) is 0 Å². The van der Waals surface area contributed by atoms with Crippen LogP contribution in [0.1, 0.15) is 42.0 Å². The second-order valence-corrected chi connectivity index (χ2v) is 8.83. The second kappa shape index (κ2) is 7.40. The van der Waals surface area contributed by atoms with E-state index in [0.717, 1.165) is 37.9 Å². The first-order valence-corrected chi connectivity index (χ1v) is 10.9. The number of nitrogens with zero attached hydrogens (tertiary/aromatic N) is 1. The summed E-state index contributed by atoms with van der Waals surface area (Å²) in [6.45, 7) is 3.97. The fourth-order valence-electron chi connectivity index (χ4n) is 4.98. The van der Waals surface area contributed by atoms with Crippen LogP contribution < -0.4 is 10.2 Å². The maximum Gasteiger partial charge on any atom is 0.329 e. The summed E-state index contributed by atoms with van der Waals surface area (Å²) in [5.41, 5.74) is 5.21. The zero-order valence-corrected chi connectivity index (χ0v) is 17.4. The molecule has 1 saturated heterocycles. The lowest BCUT2D eigenvalue weighted by molar-refractivity contribution is -0.902. The maximum atomic E-state index is 13.3. The van der Waals surface area contributed by atoms with Crippen LogP contribution in [-0.4, -0.2) is 36.6 Å². The number of hydrogen-bond acceptors (Lipinski definition) is 2. The molecule has 0 aromatic heterocycles. The highest BCUT2D eigenvalue weighted by Gasteiger charge is 2.50. The second-order valence-electron chi connectivity index (χ2n) is 8.83. The SMILES string of the molecule is C[C@]1(c2ccc3c(c2)CCC3)NC(=O)N(C[NH+]2CC=C(c3ccccc3)CC2)C1=O. The minimum absolute atomic E-state index is 0.143. The predicted octanol–water partition coefficient (Wildman–Crippen LogP) is 2.27. The highest BCUT2D eigenvalue weighted by molar-refractivity contribution is 6.07. The third kappa shape index (κ3) is 3.23. The average molecular weight is 403 g/mol. The molecule has 30 heavy (non-hydrogen) atoms. The zero-order valence-electron chi connectivity index (χ0n) is 17.4. The van der Waals surface area contributed by atoms with Crippen LogP contribution in [0.5, 0.6) is 0 Å². The van der Waals surface area contributed by atoms with Gasteiger partial charge in [0.25, 0.3) is 5.91 Å². The summed E-state index contributed by atoms with van der Waals surface area (Å²) in [6, 6.07) is 16.4. The highest BCUT2D eigenvalue weighted by Crippen LogP contribution is 2.32. The smallest absolute Gasteiger partial charge is 0.319 e. The number of fused-ring (bicyclic) bond motifs is 1. The molecule has 0 saturated carbocycles. The van der Waals surface area contributed by atoms with E-state index in [0.29, 0.717) is 6.67 Å². The van der Waals surface area contributed by atoms with E-state index in [1.165, 1.54) is 38.5 Å². The largest absolute Gasteiger partial charge is 0.329 e. The summed E-state index contributed by atoms with van der Waals surface area (Å²) >= 11 is 0. The molecule has 1 unspecified atom stereocenters. The molecule has 5 rings (SSSR count). The van der Waals surface area contributed by atoms with Crippen molar-refractivity contribution in [3.05, 3.63) is 76.9 Å². The predicted molar refractivity (Wildman–Crippen MR) is 116 cm³/mol. The number of rotatable bonds is 4. The Bertz CT molecular complexity index is 1030. The Hall–Kier alpha value is -2.92. The number of carbonyl (C=O) groups excluding carboxylic acids is 2. The van der Waals surface area contributed by atoms with Gasteiger partial charge in [-0.15, -0.1) is 0 Å². The molecule has 0 spiro atoms. The molecule has 2 N–H and O–H groups in total. The third-order valence-corrected chi connectivity index (χ3v) is 6.86. The molecule has 1 fully saturated rings. The van der Waals surface area contributed by atoms with E-state index < -0.39 is 5.54 Å². The number of hydrogen-bond donors (Lipinski definition) is 2. The van der Waals surface area contributed by atoms with Gasteiger partial charge in [0.05, 0.1) is 13.1 Å². The van der Waals surface area contributed by atoms with E-state index in [2.05, 4.69) is 47.8 Å². The lowest BCUT2D eigenvalue weighted by Crippen LogP contribution is -3.14. The van der Waals surface area contributed by atoms with Gasteiger partial charge in [-0.3, -0.25) is 4.79 Å². The van der Waals surface area contributed by atoms with E-state index >= 15 is 0 Å². The topological polar surface area (TPSA) is 53.9 Å². The highest BCUT2D eigenvalue weighted by atomic mass is 16.2. The number of amides is 3. The molecule has 2 heterocycles. The van der Waals surface area contributed by atoms with E-state index in [1.54, 1.807) is 0 Å². The van der Waals surface area contributed by atoms with Crippen molar-refractivity contribution < 1.29 is 14.5 Å². The van der Waals surface area contributed by atoms with Crippen molar-refractivity contribution in [1.29, 1.82) is 0 Å². The summed E-state index contributed by atoms with van der Waals surface area (Å²) in [4.78, 5) is 28.7. The molecule has 154 valence electrons. The van der Waals surface area contributed by atoms with E-state index in [1.807, 2.05) is 19.1 Å². The Morgan fingerprint density at radius 1 is 1.03 bits per heavy atom. The van der Waals surface area contributed by atoms with Gasteiger partial charge in [0.1, 0.15) is 5.54 Å². The molecule has 5 nitrogen and oxygen atoms in total. The number of urea groups is 1. The van der Waals surface area contributed by atoms with Gasteiger partial charge in [-0.1, -0.05) is 48.5 Å². The standard InChI is InChI=1S/C25H27N3O2/c1-25(22-11-10-19-8-5-9-21(19)16-22)23(29)28(24(30)26-25)17-27-14-12-20(13-15-27)18-6-3-2-4-7-18/h2-4,6-7,10-12,16H,5,8-9,13-15,17H2,1H3,(H,26,30)/p+1/t25-/m1/s1. The minimum Gasteiger partial charge on any atom is -0.319 e. The zero-order chi connectivity index (χ0) is 20.7. The fourth-order valence-corrected chi connectivity index (χ4v) is 4.98. The summed E-state index contributed by atoms with van der Waals surface area (Å²) < 4.78 is 0. The van der Waals surface area contributed by atoms with Gasteiger partial charge in [-0.25, -0.2) is 9.69 Å². The molecular formula is C25H28N3O2+. The summed E-state index contributed by atoms with van der Waals surface area (Å²) in [6.07, 6.45) is 6.52. The number of imide groups is 1. The summed E-state index contributed by atoms with van der Waals surface area (Å²) in [7, 11) is 0. The van der Waals surface area contributed by atoms with Crippen LogP contribution in [0.15, 0.2) is 54.6 Å². The number of carbonyl (C=O) groups is 2. The number of quaternary nitrogens is 1. The number of benzene rings is 2. The minimum atomic E-state index is -0.977. The number of aryl methyl sites for hydroxylation is 2. The van der Waals surface area contributed by atoms with Crippen molar-refractivity contribution in [2.45, 2.75) is 38.1 Å². The molecule has 3 aliphatic rings. The quantitative estimate of drug-likeness (QED) is 0.771. The average Bonchev–Trinajstić information content (AvgIpc) is 3.33. The maximum absolute atomic E-state index is 13.3. The first-order chi connectivity index (χ1) is 14.5. The van der Waals surface area contributed by atoms with Gasteiger partial charge in [0.2, 0.25) is 0 Å². The van der Waals surface area contributed by atoms with Crippen LogP contribution in [0.3, 0.4) is 0 Å². The molecular weight excluding hydrogens is 374 g/mol. The van der Waals surface area contributed by atoms with Gasteiger partial charge in [0.15, 0.2) is 6.67 Å². The monoisotopic (exact) mass is 402 g/mol. The Kier molecular flexibility index (Phi) is 4.70. The summed E-state index contributed by atoms with van der Waals surface area (Å²) in [5, 5.41) is 2.97. The molecule has 0 radical (unpaired) electrons. The van der Waals surface area contributed by atoms with Gasteiger partial charge < -0.3 is 10.2 Å². The van der Waals surface area contributed by atoms with Crippen LogP contribution in [0.4, 0.5) is 4.79 Å². The van der Waals surface area contributed by atoms with Crippen LogP contribution in [-0.2, 0) is 23.2 Å². The van der Waals surface area contributed by atoms with Crippen molar-refractivity contribution in [3.8, 4) is 0 Å². The normalized spacial score (nSPS) is 25.8. The van der Waals surface area contributed by atoms with Crippen molar-refractivity contribution >= 4 is 17.5 Å². The first kappa shape index (κ1) is 19.1. The fraction of sp³-hybridized carbons (Fsp3) is 0.360. The Morgan fingerprint density at radius 2 is 1.83 bits per heavy atom. The van der Waals surface area contributed by atoms with Crippen molar-refractivity contribution in [1.82, 2.24) is 10.2 Å². The molecule has 3 amide bonds. The molecule has 2 atom stereocenters. The lowest BCUT2D eigenvalue weighted by Gasteiger charge is -2.27. The molecule has 2 aliphatic heterocycles.